The fourth-order valence-corrected chi connectivity index (χ4v) is 2.75. The number of aromatic nitrogens is 1. The quantitative estimate of drug-likeness (QED) is 0.762. The number of nitrogens with zero attached hydrogens (tertiary/aromatic N) is 1. The van der Waals surface area contributed by atoms with E-state index in [0.29, 0.717) is 6.61 Å². The third kappa shape index (κ3) is 1.85. The Labute approximate surface area is 92.2 Å². The first kappa shape index (κ1) is 10.4. The Morgan fingerprint density at radius 2 is 2.53 bits per heavy atom. The molecule has 5 heteroatoms. The number of pyridine rings is 1. The van der Waals surface area contributed by atoms with Crippen LogP contribution in [0.15, 0.2) is 23.4 Å². The molecule has 0 amide bonds. The monoisotopic (exact) mass is 224 g/mol. The maximum absolute atomic E-state index is 11.6. The van der Waals surface area contributed by atoms with Gasteiger partial charge in [-0.05, 0) is 18.6 Å². The maximum atomic E-state index is 11.6. The molecule has 0 spiro atoms. The molecule has 2 unspecified atom stereocenters. The first-order valence-electron chi connectivity index (χ1n) is 4.76. The molecule has 0 saturated heterocycles. The third-order valence-corrected chi connectivity index (χ3v) is 3.61. The zero-order valence-electron chi connectivity index (χ0n) is 8.34. The van der Waals surface area contributed by atoms with E-state index in [4.69, 9.17) is 10.5 Å². The molecule has 0 radical (unpaired) electrons. The summed E-state index contributed by atoms with van der Waals surface area (Å²) in [7, 11) is 0. The number of esters is 1. The summed E-state index contributed by atoms with van der Waals surface area (Å²) < 4.78 is 4.97. The molecule has 1 aromatic rings. The number of rotatable bonds is 2. The minimum absolute atomic E-state index is 0.244. The number of fused-ring (bicyclic) bond motifs is 1. The molecule has 80 valence electrons. The minimum atomic E-state index is -0.329. The van der Waals surface area contributed by atoms with Gasteiger partial charge in [0.2, 0.25) is 0 Å². The zero-order chi connectivity index (χ0) is 10.8. The van der Waals surface area contributed by atoms with Crippen molar-refractivity contribution in [2.45, 2.75) is 23.1 Å². The van der Waals surface area contributed by atoms with E-state index in [0.717, 1.165) is 10.5 Å². The van der Waals surface area contributed by atoms with E-state index in [1.54, 1.807) is 19.3 Å². The molecule has 4 nitrogen and oxygen atoms in total. The molecular weight excluding hydrogens is 212 g/mol. The van der Waals surface area contributed by atoms with E-state index in [-0.39, 0.29) is 17.3 Å². The minimum Gasteiger partial charge on any atom is -0.465 e. The van der Waals surface area contributed by atoms with E-state index < -0.39 is 0 Å². The van der Waals surface area contributed by atoms with Crippen molar-refractivity contribution in [2.24, 2.45) is 5.73 Å². The Morgan fingerprint density at radius 1 is 1.73 bits per heavy atom. The second kappa shape index (κ2) is 4.20. The zero-order valence-corrected chi connectivity index (χ0v) is 9.16. The summed E-state index contributed by atoms with van der Waals surface area (Å²) in [6, 6.07) is 1.57. The van der Waals surface area contributed by atoms with Crippen molar-refractivity contribution in [3.63, 3.8) is 0 Å². The van der Waals surface area contributed by atoms with Crippen molar-refractivity contribution < 1.29 is 9.53 Å². The molecule has 2 rings (SSSR count). The maximum Gasteiger partial charge on any atom is 0.321 e. The Balaban J connectivity index is 2.19. The average Bonchev–Trinajstić information content (AvgIpc) is 2.57. The van der Waals surface area contributed by atoms with Gasteiger partial charge in [0.25, 0.3) is 0 Å². The molecular formula is C10H12N2O2S. The van der Waals surface area contributed by atoms with Crippen LogP contribution in [0.5, 0.6) is 0 Å². The molecule has 1 aliphatic heterocycles. The van der Waals surface area contributed by atoms with Crippen LogP contribution in [0.25, 0.3) is 0 Å². The highest BCUT2D eigenvalue weighted by Crippen LogP contribution is 2.42. The van der Waals surface area contributed by atoms with Crippen molar-refractivity contribution in [3.8, 4) is 0 Å². The van der Waals surface area contributed by atoms with E-state index in [1.807, 2.05) is 6.07 Å². The van der Waals surface area contributed by atoms with Gasteiger partial charge in [-0.3, -0.25) is 9.78 Å². The van der Waals surface area contributed by atoms with Crippen LogP contribution in [0.4, 0.5) is 0 Å². The Morgan fingerprint density at radius 3 is 3.20 bits per heavy atom. The van der Waals surface area contributed by atoms with Gasteiger partial charge in [0.1, 0.15) is 5.25 Å². The number of carbonyl (C=O) groups is 1. The van der Waals surface area contributed by atoms with Crippen molar-refractivity contribution in [1.82, 2.24) is 4.98 Å². The normalized spacial score (nSPS) is 23.6. The summed E-state index contributed by atoms with van der Waals surface area (Å²) in [6.07, 6.45) is 3.42. The van der Waals surface area contributed by atoms with Gasteiger partial charge in [-0.2, -0.15) is 0 Å². The van der Waals surface area contributed by atoms with Crippen molar-refractivity contribution in [3.05, 3.63) is 24.0 Å². The topological polar surface area (TPSA) is 65.2 Å². The lowest BCUT2D eigenvalue weighted by Crippen LogP contribution is -2.29. The second-order valence-corrected chi connectivity index (χ2v) is 4.41. The second-order valence-electron chi connectivity index (χ2n) is 3.23. The van der Waals surface area contributed by atoms with Crippen molar-refractivity contribution >= 4 is 17.7 Å². The predicted molar refractivity (Wildman–Crippen MR) is 57.4 cm³/mol. The number of nitrogens with two attached hydrogens (primary N) is 1. The summed E-state index contributed by atoms with van der Waals surface area (Å²) in [6.45, 7) is 2.18. The lowest BCUT2D eigenvalue weighted by molar-refractivity contribution is -0.142. The smallest absolute Gasteiger partial charge is 0.321 e. The molecule has 0 aliphatic carbocycles. The van der Waals surface area contributed by atoms with Crippen LogP contribution in [0.2, 0.25) is 0 Å². The summed E-state index contributed by atoms with van der Waals surface area (Å²) in [5.74, 6) is -0.244. The van der Waals surface area contributed by atoms with Gasteiger partial charge in [0.15, 0.2) is 0 Å². The van der Waals surface area contributed by atoms with Gasteiger partial charge in [-0.25, -0.2) is 0 Å². The van der Waals surface area contributed by atoms with Gasteiger partial charge < -0.3 is 10.5 Å². The molecule has 0 bridgehead atoms. The SMILES string of the molecule is CCOC(=O)C1Sc2cnccc2C1N. The Kier molecular flexibility index (Phi) is 2.93. The molecule has 0 aromatic carbocycles. The standard InChI is InChI=1S/C10H12N2O2S/c1-2-14-10(13)9-8(11)6-3-4-12-5-7(6)15-9/h3-5,8-9H,2,11H2,1H3. The molecule has 15 heavy (non-hydrogen) atoms. The molecule has 1 aromatic heterocycles. The highest BCUT2D eigenvalue weighted by molar-refractivity contribution is 8.01. The van der Waals surface area contributed by atoms with Crippen LogP contribution in [0.1, 0.15) is 18.5 Å². The summed E-state index contributed by atoms with van der Waals surface area (Å²) in [5, 5.41) is -0.329. The highest BCUT2D eigenvalue weighted by atomic mass is 32.2. The lowest BCUT2D eigenvalue weighted by atomic mass is 10.1. The van der Waals surface area contributed by atoms with E-state index in [1.165, 1.54) is 11.8 Å². The molecule has 0 fully saturated rings. The number of ether oxygens (including phenoxy) is 1. The molecule has 2 N–H and O–H groups in total. The fraction of sp³-hybridized carbons (Fsp3) is 0.400. The van der Waals surface area contributed by atoms with Gasteiger partial charge >= 0.3 is 5.97 Å². The van der Waals surface area contributed by atoms with E-state index >= 15 is 0 Å². The Bertz CT molecular complexity index is 383. The van der Waals surface area contributed by atoms with Crippen LogP contribution in [-0.4, -0.2) is 22.8 Å². The summed E-state index contributed by atoms with van der Waals surface area (Å²) in [4.78, 5) is 16.6. The number of hydrogen-bond acceptors (Lipinski definition) is 5. The van der Waals surface area contributed by atoms with Crippen LogP contribution < -0.4 is 5.73 Å². The van der Waals surface area contributed by atoms with Gasteiger partial charge in [0.05, 0.1) is 12.6 Å². The molecule has 2 atom stereocenters. The Hall–Kier alpha value is -1.07. The average molecular weight is 224 g/mol. The van der Waals surface area contributed by atoms with Gasteiger partial charge in [-0.15, -0.1) is 11.8 Å². The van der Waals surface area contributed by atoms with Crippen molar-refractivity contribution in [2.75, 3.05) is 6.61 Å². The van der Waals surface area contributed by atoms with Crippen LogP contribution in [-0.2, 0) is 9.53 Å². The van der Waals surface area contributed by atoms with Crippen LogP contribution >= 0.6 is 11.8 Å². The van der Waals surface area contributed by atoms with Gasteiger partial charge in [0, 0.05) is 17.3 Å². The number of thioether (sulfide) groups is 1. The number of hydrogen-bond donors (Lipinski definition) is 1. The third-order valence-electron chi connectivity index (χ3n) is 2.27. The van der Waals surface area contributed by atoms with Crippen LogP contribution in [0, 0.1) is 0 Å². The van der Waals surface area contributed by atoms with Crippen LogP contribution in [0.3, 0.4) is 0 Å². The van der Waals surface area contributed by atoms with Gasteiger partial charge in [-0.1, -0.05) is 0 Å². The first-order valence-corrected chi connectivity index (χ1v) is 5.64. The predicted octanol–water partition coefficient (Wildman–Crippen LogP) is 1.12. The first-order chi connectivity index (χ1) is 7.24. The van der Waals surface area contributed by atoms with E-state index in [9.17, 15) is 4.79 Å². The van der Waals surface area contributed by atoms with E-state index in [2.05, 4.69) is 4.98 Å². The molecule has 1 aliphatic rings. The number of carbonyl (C=O) groups excluding carboxylic acids is 1. The molecule has 2 heterocycles. The lowest BCUT2D eigenvalue weighted by Gasteiger charge is -2.12. The summed E-state index contributed by atoms with van der Waals surface area (Å²) >= 11 is 1.43. The summed E-state index contributed by atoms with van der Waals surface area (Å²) in [5.41, 5.74) is 6.95. The van der Waals surface area contributed by atoms with Crippen molar-refractivity contribution in [1.29, 1.82) is 0 Å². The largest absolute Gasteiger partial charge is 0.465 e. The molecule has 0 saturated carbocycles. The fourth-order valence-electron chi connectivity index (χ4n) is 1.56. The highest BCUT2D eigenvalue weighted by Gasteiger charge is 2.36.